The van der Waals surface area contributed by atoms with Gasteiger partial charge in [0.15, 0.2) is 0 Å². The fourth-order valence-corrected chi connectivity index (χ4v) is 3.72. The monoisotopic (exact) mass is 370 g/mol. The standard InChI is InChI=1S/C21H30N4O2/c1-4-16(3)25(14-20(26)24-11-7-8-15(2)12-24)13-19-22-18-10-6-5-9-17(18)21(27)23-19/h5-6,9-10,15-16H,4,7-8,11-14H2,1-3H3,(H,22,23,27). The second-order valence-electron chi connectivity index (χ2n) is 7.78. The van der Waals surface area contributed by atoms with Gasteiger partial charge in [0, 0.05) is 19.1 Å². The van der Waals surface area contributed by atoms with Gasteiger partial charge in [-0.1, -0.05) is 26.0 Å². The molecule has 1 aromatic heterocycles. The van der Waals surface area contributed by atoms with Crippen molar-refractivity contribution in [1.29, 1.82) is 0 Å². The number of carbonyl (C=O) groups is 1. The van der Waals surface area contributed by atoms with Crippen molar-refractivity contribution in [3.8, 4) is 0 Å². The average Bonchev–Trinajstić information content (AvgIpc) is 2.67. The van der Waals surface area contributed by atoms with Gasteiger partial charge in [-0.2, -0.15) is 0 Å². The lowest BCUT2D eigenvalue weighted by Crippen LogP contribution is -2.46. The van der Waals surface area contributed by atoms with Crippen LogP contribution in [0.15, 0.2) is 29.1 Å². The fraction of sp³-hybridized carbons (Fsp3) is 0.571. The van der Waals surface area contributed by atoms with Gasteiger partial charge < -0.3 is 9.88 Å². The molecule has 6 heteroatoms. The van der Waals surface area contributed by atoms with E-state index in [0.29, 0.717) is 35.7 Å². The zero-order valence-corrected chi connectivity index (χ0v) is 16.6. The fourth-order valence-electron chi connectivity index (χ4n) is 3.72. The number of benzene rings is 1. The van der Waals surface area contributed by atoms with Crippen LogP contribution in [0.2, 0.25) is 0 Å². The molecule has 1 amide bonds. The summed E-state index contributed by atoms with van der Waals surface area (Å²) in [7, 11) is 0. The third-order valence-electron chi connectivity index (χ3n) is 5.58. The molecule has 2 heterocycles. The van der Waals surface area contributed by atoms with Gasteiger partial charge >= 0.3 is 0 Å². The summed E-state index contributed by atoms with van der Waals surface area (Å²) in [6, 6.07) is 7.57. The van der Waals surface area contributed by atoms with E-state index in [1.807, 2.05) is 23.1 Å². The van der Waals surface area contributed by atoms with Crippen LogP contribution >= 0.6 is 0 Å². The lowest BCUT2D eigenvalue weighted by Gasteiger charge is -2.34. The summed E-state index contributed by atoms with van der Waals surface area (Å²) in [5.74, 6) is 1.35. The van der Waals surface area contributed by atoms with Crippen molar-refractivity contribution in [1.82, 2.24) is 19.8 Å². The van der Waals surface area contributed by atoms with Crippen LogP contribution in [-0.2, 0) is 11.3 Å². The first-order chi connectivity index (χ1) is 13.0. The number of hydrogen-bond donors (Lipinski definition) is 1. The van der Waals surface area contributed by atoms with Crippen LogP contribution in [0.25, 0.3) is 10.9 Å². The van der Waals surface area contributed by atoms with Gasteiger partial charge in [-0.25, -0.2) is 4.98 Å². The van der Waals surface area contributed by atoms with Gasteiger partial charge in [-0.3, -0.25) is 14.5 Å². The molecule has 0 radical (unpaired) electrons. The van der Waals surface area contributed by atoms with Gasteiger partial charge in [-0.05, 0) is 44.2 Å². The van der Waals surface area contributed by atoms with Gasteiger partial charge in [-0.15, -0.1) is 0 Å². The molecule has 2 aromatic rings. The SMILES string of the molecule is CCC(C)N(CC(=O)N1CCCC(C)C1)Cc1nc2ccccc2c(=O)[nH]1. The van der Waals surface area contributed by atoms with Crippen LogP contribution in [-0.4, -0.2) is 51.4 Å². The topological polar surface area (TPSA) is 69.3 Å². The molecule has 1 fully saturated rings. The molecule has 1 aliphatic heterocycles. The first-order valence-electron chi connectivity index (χ1n) is 9.97. The van der Waals surface area contributed by atoms with Gasteiger partial charge in [0.05, 0.1) is 24.0 Å². The molecule has 1 N–H and O–H groups in total. The van der Waals surface area contributed by atoms with Crippen LogP contribution in [0.4, 0.5) is 0 Å². The van der Waals surface area contributed by atoms with E-state index >= 15 is 0 Å². The molecule has 6 nitrogen and oxygen atoms in total. The van der Waals surface area contributed by atoms with Crippen LogP contribution < -0.4 is 5.56 Å². The summed E-state index contributed by atoms with van der Waals surface area (Å²) in [6.45, 7) is 8.95. The Balaban J connectivity index is 1.77. The molecule has 2 atom stereocenters. The number of carbonyl (C=O) groups excluding carboxylic acids is 1. The summed E-state index contributed by atoms with van der Waals surface area (Å²) >= 11 is 0. The minimum Gasteiger partial charge on any atom is -0.341 e. The normalized spacial score (nSPS) is 18.8. The molecule has 1 aromatic carbocycles. The lowest BCUT2D eigenvalue weighted by molar-refractivity contribution is -0.134. The van der Waals surface area contributed by atoms with E-state index in [4.69, 9.17) is 0 Å². The zero-order chi connectivity index (χ0) is 19.4. The molecule has 0 bridgehead atoms. The average molecular weight is 370 g/mol. The van der Waals surface area contributed by atoms with E-state index in [1.54, 1.807) is 6.07 Å². The quantitative estimate of drug-likeness (QED) is 0.849. The van der Waals surface area contributed by atoms with E-state index < -0.39 is 0 Å². The summed E-state index contributed by atoms with van der Waals surface area (Å²) in [5, 5.41) is 0.592. The number of hydrogen-bond acceptors (Lipinski definition) is 4. The Morgan fingerprint density at radius 2 is 2.19 bits per heavy atom. The largest absolute Gasteiger partial charge is 0.341 e. The molecule has 1 saturated heterocycles. The van der Waals surface area contributed by atoms with Crippen molar-refractivity contribution in [2.45, 2.75) is 52.6 Å². The Hall–Kier alpha value is -2.21. The third-order valence-corrected chi connectivity index (χ3v) is 5.58. The Labute approximate surface area is 160 Å². The maximum absolute atomic E-state index is 12.8. The van der Waals surface area contributed by atoms with Crippen molar-refractivity contribution >= 4 is 16.8 Å². The maximum Gasteiger partial charge on any atom is 0.258 e. The number of para-hydroxylation sites is 1. The highest BCUT2D eigenvalue weighted by Crippen LogP contribution is 2.17. The van der Waals surface area contributed by atoms with E-state index in [1.165, 1.54) is 6.42 Å². The molecule has 2 unspecified atom stereocenters. The number of likely N-dealkylation sites (tertiary alicyclic amines) is 1. The molecule has 0 spiro atoms. The second-order valence-corrected chi connectivity index (χ2v) is 7.78. The van der Waals surface area contributed by atoms with Crippen molar-refractivity contribution in [2.24, 2.45) is 5.92 Å². The highest BCUT2D eigenvalue weighted by atomic mass is 16.2. The van der Waals surface area contributed by atoms with Crippen LogP contribution in [0.5, 0.6) is 0 Å². The highest BCUT2D eigenvalue weighted by Gasteiger charge is 2.24. The molecule has 146 valence electrons. The number of aromatic amines is 1. The molecule has 27 heavy (non-hydrogen) atoms. The predicted molar refractivity (Wildman–Crippen MR) is 108 cm³/mol. The molecule has 1 aliphatic rings. The summed E-state index contributed by atoms with van der Waals surface area (Å²) < 4.78 is 0. The van der Waals surface area contributed by atoms with E-state index in [-0.39, 0.29) is 17.5 Å². The Kier molecular flexibility index (Phi) is 6.26. The highest BCUT2D eigenvalue weighted by molar-refractivity contribution is 5.78. The van der Waals surface area contributed by atoms with Gasteiger partial charge in [0.25, 0.3) is 5.56 Å². The molecular formula is C21H30N4O2. The molecular weight excluding hydrogens is 340 g/mol. The van der Waals surface area contributed by atoms with Gasteiger partial charge in [0.2, 0.25) is 5.91 Å². The molecule has 0 aliphatic carbocycles. The van der Waals surface area contributed by atoms with E-state index in [2.05, 4.69) is 35.6 Å². The Morgan fingerprint density at radius 1 is 1.41 bits per heavy atom. The van der Waals surface area contributed by atoms with Crippen molar-refractivity contribution in [3.63, 3.8) is 0 Å². The minimum absolute atomic E-state index is 0.129. The van der Waals surface area contributed by atoms with Crippen molar-refractivity contribution in [3.05, 3.63) is 40.4 Å². The van der Waals surface area contributed by atoms with E-state index in [9.17, 15) is 9.59 Å². The van der Waals surface area contributed by atoms with Crippen LogP contribution in [0.1, 0.15) is 45.9 Å². The number of fused-ring (bicyclic) bond motifs is 1. The van der Waals surface area contributed by atoms with E-state index in [0.717, 1.165) is 25.9 Å². The summed E-state index contributed by atoms with van der Waals surface area (Å²) in [6.07, 6.45) is 3.21. The van der Waals surface area contributed by atoms with Crippen molar-refractivity contribution < 1.29 is 4.79 Å². The van der Waals surface area contributed by atoms with Crippen LogP contribution in [0.3, 0.4) is 0 Å². The zero-order valence-electron chi connectivity index (χ0n) is 16.6. The number of nitrogens with one attached hydrogen (secondary N) is 1. The molecule has 3 rings (SSSR count). The third kappa shape index (κ3) is 4.75. The Morgan fingerprint density at radius 3 is 2.93 bits per heavy atom. The molecule has 0 saturated carbocycles. The maximum atomic E-state index is 12.8. The number of piperidine rings is 1. The lowest BCUT2D eigenvalue weighted by atomic mass is 10.0. The summed E-state index contributed by atoms with van der Waals surface area (Å²) in [5.41, 5.74) is 0.562. The Bertz CT molecular complexity index is 847. The number of aromatic nitrogens is 2. The van der Waals surface area contributed by atoms with Gasteiger partial charge in [0.1, 0.15) is 5.82 Å². The van der Waals surface area contributed by atoms with Crippen LogP contribution in [0, 0.1) is 5.92 Å². The minimum atomic E-state index is -0.129. The number of H-pyrrole nitrogens is 1. The number of amides is 1. The number of rotatable bonds is 6. The first-order valence-corrected chi connectivity index (χ1v) is 9.97. The number of nitrogens with zero attached hydrogens (tertiary/aromatic N) is 3. The summed E-state index contributed by atoms with van der Waals surface area (Å²) in [4.78, 5) is 36.8. The smallest absolute Gasteiger partial charge is 0.258 e. The first kappa shape index (κ1) is 19.5. The second kappa shape index (κ2) is 8.65. The van der Waals surface area contributed by atoms with Crippen molar-refractivity contribution in [2.75, 3.05) is 19.6 Å². The predicted octanol–water partition coefficient (Wildman–Crippen LogP) is 2.78.